The summed E-state index contributed by atoms with van der Waals surface area (Å²) in [5.74, 6) is -0.497. The van der Waals surface area contributed by atoms with Crippen molar-refractivity contribution in [1.29, 1.82) is 5.26 Å². The Kier molecular flexibility index (Phi) is 8.52. The lowest BCUT2D eigenvalue weighted by molar-refractivity contribution is -0.134. The molecule has 31 heavy (non-hydrogen) atoms. The van der Waals surface area contributed by atoms with Crippen molar-refractivity contribution < 1.29 is 24.9 Å². The summed E-state index contributed by atoms with van der Waals surface area (Å²) >= 11 is 0. The van der Waals surface area contributed by atoms with Gasteiger partial charge in [-0.1, -0.05) is 0 Å². The molecule has 4 N–H and O–H groups in total. The minimum Gasteiger partial charge on any atom is -0.478 e. The smallest absolute Gasteiger partial charge is 0.328 e. The Bertz CT molecular complexity index is 968. The monoisotopic (exact) mass is 429 g/mol. The molecule has 0 unspecified atom stereocenters. The van der Waals surface area contributed by atoms with E-state index in [9.17, 15) is 14.7 Å². The van der Waals surface area contributed by atoms with Crippen LogP contribution in [0.15, 0.2) is 24.4 Å². The Morgan fingerprint density at radius 1 is 1.29 bits per heavy atom. The molecule has 0 radical (unpaired) electrons. The lowest BCUT2D eigenvalue weighted by Gasteiger charge is -2.30. The highest BCUT2D eigenvalue weighted by atomic mass is 16.4. The molecular formula is C21H27N5O5. The van der Waals surface area contributed by atoms with Gasteiger partial charge < -0.3 is 25.2 Å². The third-order valence-electron chi connectivity index (χ3n) is 5.16. The zero-order valence-electron chi connectivity index (χ0n) is 17.5. The molecule has 0 bridgehead atoms. The van der Waals surface area contributed by atoms with Gasteiger partial charge in [-0.25, -0.2) is 19.6 Å². The first-order chi connectivity index (χ1) is 14.8. The standard InChI is InChI=1S/C17H23N5O.C4H4O4/c1-11(23)17-21-14-10-20-16(19-2)9-15(14)22(17)13-5-3-12(4-6-13)7-8-18;5-3(6)1-2-4(7)8/h9-13,23H,3-7H2,1-2H3,(H,19,20);1-2H,(H,5,6)(H,7,8)/b;2-1+/t11-,12?,13?;/m1./s1. The molecule has 10 nitrogen and oxygen atoms in total. The highest BCUT2D eigenvalue weighted by Gasteiger charge is 2.27. The molecule has 0 amide bonds. The van der Waals surface area contributed by atoms with Crippen LogP contribution in [-0.2, 0) is 9.59 Å². The minimum atomic E-state index is -1.26. The molecule has 1 aliphatic rings. The third-order valence-corrected chi connectivity index (χ3v) is 5.16. The van der Waals surface area contributed by atoms with Crippen LogP contribution in [-0.4, -0.2) is 48.8 Å². The largest absolute Gasteiger partial charge is 0.478 e. The predicted molar refractivity (Wildman–Crippen MR) is 113 cm³/mol. The highest BCUT2D eigenvalue weighted by molar-refractivity contribution is 5.89. The van der Waals surface area contributed by atoms with Gasteiger partial charge in [-0.3, -0.25) is 0 Å². The molecule has 1 atom stereocenters. The van der Waals surface area contributed by atoms with Crippen molar-refractivity contribution in [3.63, 3.8) is 0 Å². The number of nitriles is 1. The SMILES string of the molecule is CNc1cc2c(cn1)nc([C@@H](C)O)n2C1CCC(CC#N)CC1.O=C(O)/C=C/C(=O)O. The fourth-order valence-electron chi connectivity index (χ4n) is 3.71. The molecule has 3 rings (SSSR count). The maximum absolute atomic E-state index is 10.1. The second kappa shape index (κ2) is 11.1. The number of aliphatic carboxylic acids is 2. The first-order valence-corrected chi connectivity index (χ1v) is 10.0. The van der Waals surface area contributed by atoms with E-state index < -0.39 is 18.0 Å². The number of imidazole rings is 1. The summed E-state index contributed by atoms with van der Waals surface area (Å²) in [7, 11) is 1.84. The van der Waals surface area contributed by atoms with Crippen LogP contribution in [0.2, 0.25) is 0 Å². The van der Waals surface area contributed by atoms with Gasteiger partial charge >= 0.3 is 11.9 Å². The number of fused-ring (bicyclic) bond motifs is 1. The van der Waals surface area contributed by atoms with Gasteiger partial charge in [0.2, 0.25) is 0 Å². The lowest BCUT2D eigenvalue weighted by atomic mass is 9.84. The zero-order valence-corrected chi connectivity index (χ0v) is 17.5. The molecule has 1 saturated carbocycles. The van der Waals surface area contributed by atoms with Crippen molar-refractivity contribution in [3.8, 4) is 6.07 Å². The molecule has 0 aromatic carbocycles. The summed E-state index contributed by atoms with van der Waals surface area (Å²) in [5.41, 5.74) is 1.84. The molecule has 1 aliphatic carbocycles. The quantitative estimate of drug-likeness (QED) is 0.506. The van der Waals surface area contributed by atoms with Gasteiger partial charge in [0.1, 0.15) is 23.3 Å². The van der Waals surface area contributed by atoms with Crippen LogP contribution in [0.4, 0.5) is 5.82 Å². The molecular weight excluding hydrogens is 402 g/mol. The molecule has 1 fully saturated rings. The number of nitrogens with zero attached hydrogens (tertiary/aromatic N) is 4. The Balaban J connectivity index is 0.000000366. The first-order valence-electron chi connectivity index (χ1n) is 10.0. The summed E-state index contributed by atoms with van der Waals surface area (Å²) < 4.78 is 2.19. The lowest BCUT2D eigenvalue weighted by Crippen LogP contribution is -2.20. The van der Waals surface area contributed by atoms with E-state index in [2.05, 4.69) is 25.9 Å². The number of nitrogens with one attached hydrogen (secondary N) is 1. The fourth-order valence-corrected chi connectivity index (χ4v) is 3.71. The third kappa shape index (κ3) is 6.52. The zero-order chi connectivity index (χ0) is 23.0. The Morgan fingerprint density at radius 3 is 2.39 bits per heavy atom. The van der Waals surface area contributed by atoms with Crippen LogP contribution in [0, 0.1) is 17.2 Å². The molecule has 0 spiro atoms. The van der Waals surface area contributed by atoms with Crippen LogP contribution in [0.3, 0.4) is 0 Å². The topological polar surface area (TPSA) is 161 Å². The fraction of sp³-hybridized carbons (Fsp3) is 0.476. The molecule has 2 aromatic rings. The van der Waals surface area contributed by atoms with Crippen molar-refractivity contribution in [2.24, 2.45) is 5.92 Å². The number of hydrogen-bond acceptors (Lipinski definition) is 7. The second-order valence-corrected chi connectivity index (χ2v) is 7.37. The van der Waals surface area contributed by atoms with Crippen LogP contribution < -0.4 is 5.32 Å². The summed E-state index contributed by atoms with van der Waals surface area (Å²) in [5, 5.41) is 37.7. The van der Waals surface area contributed by atoms with Crippen molar-refractivity contribution in [3.05, 3.63) is 30.2 Å². The summed E-state index contributed by atoms with van der Waals surface area (Å²) in [6.07, 6.45) is 7.06. The number of carboxylic acid groups (broad SMARTS) is 2. The van der Waals surface area contributed by atoms with Gasteiger partial charge in [-0.05, 0) is 38.5 Å². The number of pyridine rings is 1. The summed E-state index contributed by atoms with van der Waals surface area (Å²) in [6, 6.07) is 4.61. The second-order valence-electron chi connectivity index (χ2n) is 7.37. The van der Waals surface area contributed by atoms with Gasteiger partial charge in [0.15, 0.2) is 0 Å². The maximum Gasteiger partial charge on any atom is 0.328 e. The maximum atomic E-state index is 10.1. The van der Waals surface area contributed by atoms with Crippen LogP contribution >= 0.6 is 0 Å². The van der Waals surface area contributed by atoms with Gasteiger partial charge in [0.25, 0.3) is 0 Å². The van der Waals surface area contributed by atoms with Crippen LogP contribution in [0.5, 0.6) is 0 Å². The number of aliphatic hydroxyl groups excluding tert-OH is 1. The molecule has 10 heteroatoms. The molecule has 0 saturated heterocycles. The first kappa shape index (κ1) is 23.8. The van der Waals surface area contributed by atoms with Crippen molar-refractivity contribution >= 4 is 28.8 Å². The molecule has 2 aromatic heterocycles. The molecule has 0 aliphatic heterocycles. The van der Waals surface area contributed by atoms with Gasteiger partial charge in [0.05, 0.1) is 17.8 Å². The average Bonchev–Trinajstić information content (AvgIpc) is 3.12. The van der Waals surface area contributed by atoms with E-state index in [1.54, 1.807) is 13.1 Å². The predicted octanol–water partition coefficient (Wildman–Crippen LogP) is 2.88. The Hall–Kier alpha value is -3.45. The van der Waals surface area contributed by atoms with E-state index in [0.717, 1.165) is 42.5 Å². The van der Waals surface area contributed by atoms with E-state index in [1.807, 2.05) is 13.1 Å². The molecule has 2 heterocycles. The number of carboxylic acids is 2. The van der Waals surface area contributed by atoms with Gasteiger partial charge in [0, 0.05) is 37.7 Å². The summed E-state index contributed by atoms with van der Waals surface area (Å²) in [4.78, 5) is 28.0. The van der Waals surface area contributed by atoms with Crippen LogP contribution in [0.25, 0.3) is 11.0 Å². The average molecular weight is 429 g/mol. The van der Waals surface area contributed by atoms with Gasteiger partial charge in [-0.2, -0.15) is 5.26 Å². The van der Waals surface area contributed by atoms with Crippen LogP contribution in [0.1, 0.15) is 57.0 Å². The minimum absolute atomic E-state index is 0.326. The number of aromatic nitrogens is 3. The Morgan fingerprint density at radius 2 is 1.90 bits per heavy atom. The van der Waals surface area contributed by atoms with Gasteiger partial charge in [-0.15, -0.1) is 0 Å². The normalized spacial score (nSPS) is 19.3. The van der Waals surface area contributed by atoms with Crippen molar-refractivity contribution in [1.82, 2.24) is 14.5 Å². The van der Waals surface area contributed by atoms with Crippen molar-refractivity contribution in [2.45, 2.75) is 51.2 Å². The summed E-state index contributed by atoms with van der Waals surface area (Å²) in [6.45, 7) is 1.76. The number of anilines is 1. The van der Waals surface area contributed by atoms with E-state index in [-0.39, 0.29) is 0 Å². The van der Waals surface area contributed by atoms with E-state index in [1.165, 1.54) is 0 Å². The number of rotatable bonds is 6. The van der Waals surface area contributed by atoms with E-state index in [4.69, 9.17) is 15.5 Å². The highest BCUT2D eigenvalue weighted by Crippen LogP contribution is 2.37. The number of carbonyl (C=O) groups is 2. The Labute approximate surface area is 179 Å². The van der Waals surface area contributed by atoms with E-state index in [0.29, 0.717) is 36.4 Å². The van der Waals surface area contributed by atoms with E-state index >= 15 is 0 Å². The molecule has 166 valence electrons. The number of aliphatic hydroxyl groups is 1. The number of hydrogen-bond donors (Lipinski definition) is 4. The van der Waals surface area contributed by atoms with Crippen molar-refractivity contribution in [2.75, 3.05) is 12.4 Å².